The Morgan fingerprint density at radius 3 is 1.09 bits per heavy atom. The minimum Gasteiger partial charge on any atom is -0.318 e. The SMILES string of the molecule is CCCCCCCC/C=C\CCCCCCCCOP(=S)(NCC[P+](C)(C)C)OCCCCCCCC/C=C\CCCCCCCC. The number of hydrogen-bond acceptors (Lipinski definition) is 3. The molecule has 0 aliphatic rings. The summed E-state index contributed by atoms with van der Waals surface area (Å²) in [6, 6.07) is 0. The number of rotatable bonds is 38. The van der Waals surface area contributed by atoms with Crippen molar-refractivity contribution in [3.63, 3.8) is 0 Å². The Balaban J connectivity index is 3.91. The monoisotopic (exact) mass is 717 g/mol. The average Bonchev–Trinajstić information content (AvgIpc) is 3.03. The van der Waals surface area contributed by atoms with Gasteiger partial charge in [0.2, 0.25) is 0 Å². The van der Waals surface area contributed by atoms with Crippen LogP contribution >= 0.6 is 13.9 Å². The standard InChI is InChI=1S/C41H84NO2P2S/c1-6-8-10-12-14-16-18-20-22-24-26-28-30-32-34-36-39-43-46(47,42-38-41-45(3,4)5)44-40-37-35-33-31-29-27-25-23-21-19-17-15-13-11-9-7-2/h20-23H,6-19,24-41H2,1-5H3,(H,42,47)/q+1/b22-20-,23-21-. The molecule has 0 bridgehead atoms. The molecular weight excluding hydrogens is 632 g/mol. The molecule has 0 aromatic carbocycles. The van der Waals surface area contributed by atoms with Crippen LogP contribution in [-0.4, -0.2) is 45.9 Å². The molecule has 0 amide bonds. The molecule has 0 atom stereocenters. The second-order valence-corrected chi connectivity index (χ2v) is 23.3. The van der Waals surface area contributed by atoms with E-state index in [0.717, 1.165) is 32.6 Å². The zero-order valence-electron chi connectivity index (χ0n) is 32.6. The van der Waals surface area contributed by atoms with Crippen molar-refractivity contribution in [2.24, 2.45) is 0 Å². The summed E-state index contributed by atoms with van der Waals surface area (Å²) in [5, 5.41) is 3.56. The Hall–Kier alpha value is 0.440. The third kappa shape index (κ3) is 39.1. The van der Waals surface area contributed by atoms with Crippen LogP contribution in [0.15, 0.2) is 24.3 Å². The fourth-order valence-electron chi connectivity index (χ4n) is 5.72. The summed E-state index contributed by atoms with van der Waals surface area (Å²) in [5.74, 6) is 0. The Kier molecular flexibility index (Phi) is 36.6. The van der Waals surface area contributed by atoms with Gasteiger partial charge in [-0.3, -0.25) is 0 Å². The number of unbranched alkanes of at least 4 members (excludes halogenated alkanes) is 24. The topological polar surface area (TPSA) is 30.5 Å². The van der Waals surface area contributed by atoms with E-state index in [2.05, 4.69) is 63.2 Å². The third-order valence-electron chi connectivity index (χ3n) is 8.92. The Morgan fingerprint density at radius 1 is 0.468 bits per heavy atom. The van der Waals surface area contributed by atoms with Crippen LogP contribution in [-0.2, 0) is 20.9 Å². The van der Waals surface area contributed by atoms with Gasteiger partial charge >= 0.3 is 0 Å². The molecule has 0 spiro atoms. The van der Waals surface area contributed by atoms with E-state index in [1.807, 2.05) is 0 Å². The lowest BCUT2D eigenvalue weighted by atomic mass is 10.1. The van der Waals surface area contributed by atoms with Gasteiger partial charge in [-0.2, -0.15) is 0 Å². The fraction of sp³-hybridized carbons (Fsp3) is 0.902. The lowest BCUT2D eigenvalue weighted by Crippen LogP contribution is -2.20. The second-order valence-electron chi connectivity index (χ2n) is 15.0. The molecule has 6 heteroatoms. The summed E-state index contributed by atoms with van der Waals surface area (Å²) < 4.78 is 12.6. The van der Waals surface area contributed by atoms with Crippen LogP contribution in [0.4, 0.5) is 0 Å². The molecule has 0 saturated carbocycles. The van der Waals surface area contributed by atoms with Gasteiger partial charge in [-0.1, -0.05) is 154 Å². The van der Waals surface area contributed by atoms with Crippen LogP contribution in [0, 0.1) is 0 Å². The van der Waals surface area contributed by atoms with Crippen molar-refractivity contribution in [2.75, 3.05) is 45.9 Å². The summed E-state index contributed by atoms with van der Waals surface area (Å²) in [6.07, 6.45) is 47.8. The third-order valence-corrected chi connectivity index (χ3v) is 13.2. The molecule has 0 rings (SSSR count). The summed E-state index contributed by atoms with van der Waals surface area (Å²) in [7, 11) is -0.843. The van der Waals surface area contributed by atoms with E-state index >= 15 is 0 Å². The molecule has 0 aromatic rings. The smallest absolute Gasteiger partial charge is 0.261 e. The van der Waals surface area contributed by atoms with Gasteiger partial charge in [0.15, 0.2) is 0 Å². The van der Waals surface area contributed by atoms with Crippen LogP contribution in [0.1, 0.15) is 194 Å². The molecular formula is C41H84NO2P2S+. The first-order valence-electron chi connectivity index (χ1n) is 20.6. The molecule has 3 nitrogen and oxygen atoms in total. The first-order chi connectivity index (χ1) is 22.8. The molecule has 0 fully saturated rings. The summed E-state index contributed by atoms with van der Waals surface area (Å²) in [5.41, 5.74) is 0. The zero-order chi connectivity index (χ0) is 34.6. The Labute approximate surface area is 302 Å². The van der Waals surface area contributed by atoms with Gasteiger partial charge < -0.3 is 9.05 Å². The van der Waals surface area contributed by atoms with E-state index < -0.39 is 13.9 Å². The summed E-state index contributed by atoms with van der Waals surface area (Å²) >= 11 is 5.97. The van der Waals surface area contributed by atoms with Crippen LogP contribution in [0.25, 0.3) is 0 Å². The molecule has 0 radical (unpaired) electrons. The van der Waals surface area contributed by atoms with Crippen LogP contribution in [0.2, 0.25) is 0 Å². The Morgan fingerprint density at radius 2 is 0.766 bits per heavy atom. The molecule has 0 unspecified atom stereocenters. The largest absolute Gasteiger partial charge is 0.318 e. The maximum absolute atomic E-state index is 6.28. The van der Waals surface area contributed by atoms with Gasteiger partial charge in [-0.15, -0.1) is 0 Å². The van der Waals surface area contributed by atoms with E-state index in [9.17, 15) is 0 Å². The van der Waals surface area contributed by atoms with Crippen molar-refractivity contribution in [2.45, 2.75) is 194 Å². The lowest BCUT2D eigenvalue weighted by molar-refractivity contribution is 0.230. The van der Waals surface area contributed by atoms with Crippen molar-refractivity contribution in [1.29, 1.82) is 0 Å². The number of allylic oxidation sites excluding steroid dienone is 4. The maximum Gasteiger partial charge on any atom is 0.261 e. The predicted octanol–water partition coefficient (Wildman–Crippen LogP) is 14.8. The fourth-order valence-corrected chi connectivity index (χ4v) is 8.78. The van der Waals surface area contributed by atoms with E-state index in [4.69, 9.17) is 20.9 Å². The van der Waals surface area contributed by atoms with E-state index in [0.29, 0.717) is 0 Å². The van der Waals surface area contributed by atoms with Crippen molar-refractivity contribution in [1.82, 2.24) is 5.09 Å². The molecule has 0 aromatic heterocycles. The first-order valence-corrected chi connectivity index (χ1v) is 26.5. The first kappa shape index (κ1) is 47.4. The van der Waals surface area contributed by atoms with Gasteiger partial charge in [0, 0.05) is 33.8 Å². The quantitative estimate of drug-likeness (QED) is 0.0391. The zero-order valence-corrected chi connectivity index (χ0v) is 35.2. The van der Waals surface area contributed by atoms with Crippen molar-refractivity contribution in [3.05, 3.63) is 24.3 Å². The minimum atomic E-state index is -2.40. The van der Waals surface area contributed by atoms with E-state index in [-0.39, 0.29) is 0 Å². The second kappa shape index (κ2) is 36.2. The molecule has 0 heterocycles. The molecule has 1 N–H and O–H groups in total. The highest BCUT2D eigenvalue weighted by molar-refractivity contribution is 8.09. The molecule has 47 heavy (non-hydrogen) atoms. The molecule has 0 aliphatic carbocycles. The van der Waals surface area contributed by atoms with Crippen LogP contribution in [0.5, 0.6) is 0 Å². The summed E-state index contributed by atoms with van der Waals surface area (Å²) in [4.78, 5) is 0. The van der Waals surface area contributed by atoms with Crippen molar-refractivity contribution < 1.29 is 9.05 Å². The normalized spacial score (nSPS) is 12.7. The van der Waals surface area contributed by atoms with Crippen molar-refractivity contribution >= 4 is 25.7 Å². The number of hydrogen-bond donors (Lipinski definition) is 1. The highest BCUT2D eigenvalue weighted by atomic mass is 32.5. The minimum absolute atomic E-state index is 0.726. The van der Waals surface area contributed by atoms with Gasteiger partial charge in [-0.25, -0.2) is 5.09 Å². The van der Waals surface area contributed by atoms with Gasteiger partial charge in [0.25, 0.3) is 6.64 Å². The molecule has 0 saturated heterocycles. The summed E-state index contributed by atoms with van der Waals surface area (Å²) in [6.45, 7) is 11.7. The van der Waals surface area contributed by atoms with E-state index in [1.165, 1.54) is 173 Å². The predicted molar refractivity (Wildman–Crippen MR) is 223 cm³/mol. The highest BCUT2D eigenvalue weighted by Crippen LogP contribution is 2.48. The Bertz CT molecular complexity index is 689. The van der Waals surface area contributed by atoms with E-state index in [1.54, 1.807) is 0 Å². The molecule has 0 aliphatic heterocycles. The number of nitrogens with one attached hydrogen (secondary N) is 1. The maximum atomic E-state index is 6.28. The van der Waals surface area contributed by atoms with Gasteiger partial charge in [0.1, 0.15) is 0 Å². The van der Waals surface area contributed by atoms with Gasteiger partial charge in [-0.05, 0) is 76.0 Å². The van der Waals surface area contributed by atoms with Crippen LogP contribution in [0.3, 0.4) is 0 Å². The lowest BCUT2D eigenvalue weighted by Gasteiger charge is -2.24. The molecule has 280 valence electrons. The highest BCUT2D eigenvalue weighted by Gasteiger charge is 2.22. The average molecular weight is 717 g/mol. The van der Waals surface area contributed by atoms with Crippen molar-refractivity contribution in [3.8, 4) is 0 Å². The van der Waals surface area contributed by atoms with Gasteiger partial charge in [0.05, 0.1) is 19.4 Å². The van der Waals surface area contributed by atoms with Crippen LogP contribution < -0.4 is 5.09 Å².